The molecule has 1 aliphatic heterocycles. The number of amides is 3. The molecular weight excluding hydrogens is 417 g/mol. The lowest BCUT2D eigenvalue weighted by Crippen LogP contribution is -2.37. The van der Waals surface area contributed by atoms with Gasteiger partial charge in [-0.3, -0.25) is 24.4 Å². The van der Waals surface area contributed by atoms with Crippen molar-refractivity contribution < 1.29 is 18.8 Å². The maximum atomic E-state index is 13.7. The smallest absolute Gasteiger partial charge is 0.293 e. The van der Waals surface area contributed by atoms with Crippen molar-refractivity contribution in [3.63, 3.8) is 0 Å². The van der Waals surface area contributed by atoms with E-state index in [-0.39, 0.29) is 35.2 Å². The van der Waals surface area contributed by atoms with Gasteiger partial charge >= 0.3 is 0 Å². The Morgan fingerprint density at radius 2 is 2.17 bits per heavy atom. The molecule has 1 saturated heterocycles. The fourth-order valence-electron chi connectivity index (χ4n) is 2.41. The van der Waals surface area contributed by atoms with E-state index in [0.717, 1.165) is 28.9 Å². The number of benzene rings is 1. The fourth-order valence-corrected chi connectivity index (χ4v) is 3.92. The second-order valence-electron chi connectivity index (χ2n) is 5.91. The number of rotatable bonds is 8. The zero-order valence-corrected chi connectivity index (χ0v) is 17.1. The van der Waals surface area contributed by atoms with Gasteiger partial charge in [-0.2, -0.15) is 0 Å². The summed E-state index contributed by atoms with van der Waals surface area (Å²) in [4.78, 5) is 41.8. The molecule has 2 heterocycles. The first-order valence-electron chi connectivity index (χ1n) is 8.78. The number of halogens is 1. The van der Waals surface area contributed by atoms with Gasteiger partial charge in [-0.1, -0.05) is 36.9 Å². The van der Waals surface area contributed by atoms with Crippen molar-refractivity contribution in [2.24, 2.45) is 0 Å². The van der Waals surface area contributed by atoms with Gasteiger partial charge in [0.25, 0.3) is 11.1 Å². The highest BCUT2D eigenvalue weighted by Gasteiger charge is 2.34. The minimum absolute atomic E-state index is 0.0380. The van der Waals surface area contributed by atoms with Crippen molar-refractivity contribution in [1.29, 1.82) is 0 Å². The third-order valence-corrected chi connectivity index (χ3v) is 5.66. The molecule has 3 rings (SSSR count). The number of imide groups is 1. The van der Waals surface area contributed by atoms with Gasteiger partial charge in [-0.15, -0.1) is 5.10 Å². The summed E-state index contributed by atoms with van der Waals surface area (Å²) in [6.07, 6.45) is 2.08. The van der Waals surface area contributed by atoms with Crippen LogP contribution in [0, 0.1) is 5.82 Å². The average Bonchev–Trinajstić information content (AvgIpc) is 3.27. The van der Waals surface area contributed by atoms with Gasteiger partial charge in [0.1, 0.15) is 11.6 Å². The third-order valence-electron chi connectivity index (χ3n) is 3.90. The SMILES string of the molecule is CCc1nc(SCC(=O)NCCN2C(=O)S/C(=C\c3ccccc3F)C2=O)n[nH]1. The minimum atomic E-state index is -0.500. The highest BCUT2D eigenvalue weighted by atomic mass is 32.2. The zero-order chi connectivity index (χ0) is 20.8. The average molecular weight is 436 g/mol. The highest BCUT2D eigenvalue weighted by Crippen LogP contribution is 2.32. The number of aryl methyl sites for hydroxylation is 1. The second kappa shape index (κ2) is 9.70. The van der Waals surface area contributed by atoms with Crippen LogP contribution >= 0.6 is 23.5 Å². The number of hydrogen-bond acceptors (Lipinski definition) is 7. The molecule has 0 saturated carbocycles. The number of hydrogen-bond donors (Lipinski definition) is 2. The summed E-state index contributed by atoms with van der Waals surface area (Å²) in [5.74, 6) is -0.362. The van der Waals surface area contributed by atoms with Crippen molar-refractivity contribution in [2.45, 2.75) is 18.5 Å². The normalized spacial score (nSPS) is 15.4. The van der Waals surface area contributed by atoms with Crippen LogP contribution in [-0.2, 0) is 16.0 Å². The first kappa shape index (κ1) is 21.1. The summed E-state index contributed by atoms with van der Waals surface area (Å²) in [7, 11) is 0. The Labute approximate surface area is 174 Å². The molecule has 1 fully saturated rings. The minimum Gasteiger partial charge on any atom is -0.354 e. The number of aromatic amines is 1. The molecule has 3 amide bonds. The molecule has 0 radical (unpaired) electrons. The van der Waals surface area contributed by atoms with E-state index >= 15 is 0 Å². The van der Waals surface area contributed by atoms with Crippen LogP contribution in [0.4, 0.5) is 9.18 Å². The van der Waals surface area contributed by atoms with Gasteiger partial charge in [-0.05, 0) is 23.9 Å². The van der Waals surface area contributed by atoms with E-state index in [0.29, 0.717) is 5.16 Å². The number of nitrogens with one attached hydrogen (secondary N) is 2. The first-order chi connectivity index (χ1) is 14.0. The number of aromatic nitrogens is 3. The Morgan fingerprint density at radius 1 is 1.38 bits per heavy atom. The molecule has 0 spiro atoms. The molecular formula is C18H18FN5O3S2. The number of carbonyl (C=O) groups is 3. The molecule has 11 heteroatoms. The Morgan fingerprint density at radius 3 is 2.90 bits per heavy atom. The predicted octanol–water partition coefficient (Wildman–Crippen LogP) is 2.45. The van der Waals surface area contributed by atoms with Crippen LogP contribution in [0.1, 0.15) is 18.3 Å². The topological polar surface area (TPSA) is 108 Å². The molecule has 1 aromatic carbocycles. The molecule has 152 valence electrons. The number of thioether (sulfide) groups is 2. The molecule has 1 aromatic heterocycles. The van der Waals surface area contributed by atoms with Gasteiger partial charge < -0.3 is 5.32 Å². The van der Waals surface area contributed by atoms with E-state index in [4.69, 9.17) is 0 Å². The Kier molecular flexibility index (Phi) is 7.04. The molecule has 0 unspecified atom stereocenters. The van der Waals surface area contributed by atoms with Crippen molar-refractivity contribution >= 4 is 46.7 Å². The van der Waals surface area contributed by atoms with Gasteiger partial charge in [0.2, 0.25) is 11.1 Å². The standard InChI is InChI=1S/C18H18FN5O3S2/c1-2-14-21-17(23-22-14)28-10-15(25)20-7-8-24-16(26)13(29-18(24)27)9-11-5-3-4-6-12(11)19/h3-6,9H,2,7-8,10H2,1H3,(H,20,25)(H,21,22,23)/b13-9-. The summed E-state index contributed by atoms with van der Waals surface area (Å²) in [5, 5.41) is 9.44. The molecule has 1 aliphatic rings. The van der Waals surface area contributed by atoms with Crippen LogP contribution in [0.3, 0.4) is 0 Å². The van der Waals surface area contributed by atoms with Gasteiger partial charge in [-0.25, -0.2) is 9.37 Å². The van der Waals surface area contributed by atoms with E-state index in [1.54, 1.807) is 12.1 Å². The molecule has 2 N–H and O–H groups in total. The molecule has 2 aromatic rings. The monoisotopic (exact) mass is 435 g/mol. The molecule has 0 aliphatic carbocycles. The molecule has 29 heavy (non-hydrogen) atoms. The Hall–Kier alpha value is -2.66. The maximum Gasteiger partial charge on any atom is 0.293 e. The number of nitrogens with zero attached hydrogens (tertiary/aromatic N) is 3. The summed E-state index contributed by atoms with van der Waals surface area (Å²) in [5.41, 5.74) is 0.238. The van der Waals surface area contributed by atoms with E-state index in [1.807, 2.05) is 6.92 Å². The maximum absolute atomic E-state index is 13.7. The van der Waals surface area contributed by atoms with Gasteiger partial charge in [0, 0.05) is 25.1 Å². The van der Waals surface area contributed by atoms with Crippen LogP contribution in [0.15, 0.2) is 34.3 Å². The van der Waals surface area contributed by atoms with Crippen LogP contribution in [-0.4, -0.2) is 56.0 Å². The lowest BCUT2D eigenvalue weighted by molar-refractivity contribution is -0.123. The number of H-pyrrole nitrogens is 1. The van der Waals surface area contributed by atoms with E-state index < -0.39 is 17.0 Å². The summed E-state index contributed by atoms with van der Waals surface area (Å²) >= 11 is 1.94. The first-order valence-corrected chi connectivity index (χ1v) is 10.6. The largest absolute Gasteiger partial charge is 0.354 e. The predicted molar refractivity (Wildman–Crippen MR) is 109 cm³/mol. The fraction of sp³-hybridized carbons (Fsp3) is 0.278. The van der Waals surface area contributed by atoms with Crippen LogP contribution in [0.25, 0.3) is 6.08 Å². The van der Waals surface area contributed by atoms with E-state index in [9.17, 15) is 18.8 Å². The Balaban J connectivity index is 1.48. The highest BCUT2D eigenvalue weighted by molar-refractivity contribution is 8.18. The van der Waals surface area contributed by atoms with Gasteiger partial charge in [0.05, 0.1) is 10.7 Å². The van der Waals surface area contributed by atoms with Crippen molar-refractivity contribution in [3.05, 3.63) is 46.4 Å². The molecule has 0 atom stereocenters. The molecule has 8 nitrogen and oxygen atoms in total. The second-order valence-corrected chi connectivity index (χ2v) is 7.85. The van der Waals surface area contributed by atoms with E-state index in [1.165, 1.54) is 30.0 Å². The van der Waals surface area contributed by atoms with Crippen LogP contribution in [0.5, 0.6) is 0 Å². The van der Waals surface area contributed by atoms with Crippen molar-refractivity contribution in [3.8, 4) is 0 Å². The van der Waals surface area contributed by atoms with E-state index in [2.05, 4.69) is 20.5 Å². The summed E-state index contributed by atoms with van der Waals surface area (Å²) < 4.78 is 13.7. The van der Waals surface area contributed by atoms with Gasteiger partial charge in [0.15, 0.2) is 0 Å². The number of carbonyl (C=O) groups excluding carboxylic acids is 3. The van der Waals surface area contributed by atoms with Crippen LogP contribution < -0.4 is 5.32 Å². The van der Waals surface area contributed by atoms with Crippen LogP contribution in [0.2, 0.25) is 0 Å². The third kappa shape index (κ3) is 5.45. The lowest BCUT2D eigenvalue weighted by Gasteiger charge is -2.12. The quantitative estimate of drug-likeness (QED) is 0.484. The lowest BCUT2D eigenvalue weighted by atomic mass is 10.2. The zero-order valence-electron chi connectivity index (χ0n) is 15.5. The summed E-state index contributed by atoms with van der Waals surface area (Å²) in [6, 6.07) is 6.00. The van der Waals surface area contributed by atoms with Crippen molar-refractivity contribution in [2.75, 3.05) is 18.8 Å². The Bertz CT molecular complexity index is 962. The van der Waals surface area contributed by atoms with Crippen molar-refractivity contribution in [1.82, 2.24) is 25.4 Å². The molecule has 0 bridgehead atoms. The summed E-state index contributed by atoms with van der Waals surface area (Å²) in [6.45, 7) is 2.10.